The highest BCUT2D eigenvalue weighted by atomic mass is 19.4. The number of nitrogens with one attached hydrogen (secondary N) is 2. The molecule has 0 spiro atoms. The molecule has 2 aromatic rings. The number of rotatable bonds is 6. The Labute approximate surface area is 137 Å². The number of hydrogen-bond donors (Lipinski definition) is 2. The van der Waals surface area contributed by atoms with Crippen LogP contribution < -0.4 is 10.6 Å². The molecule has 0 bridgehead atoms. The molecule has 0 saturated carbocycles. The topological polar surface area (TPSA) is 49.8 Å². The molecular weight excluding hydrogens is 324 g/mol. The van der Waals surface area contributed by atoms with Crippen molar-refractivity contribution in [1.29, 1.82) is 0 Å². The molecule has 2 rings (SSSR count). The SMILES string of the molecule is CC[C@@H](C)Nc1nc(NCc2cccc(F)c2)cc(C(F)(F)F)n1. The number of halogens is 4. The van der Waals surface area contributed by atoms with Crippen molar-refractivity contribution in [3.05, 3.63) is 47.4 Å². The zero-order valence-corrected chi connectivity index (χ0v) is 13.3. The minimum absolute atomic E-state index is 0.0207. The summed E-state index contributed by atoms with van der Waals surface area (Å²) in [4.78, 5) is 7.56. The molecular formula is C16H18F4N4. The molecule has 0 amide bonds. The van der Waals surface area contributed by atoms with Gasteiger partial charge in [0.2, 0.25) is 5.95 Å². The zero-order chi connectivity index (χ0) is 17.7. The van der Waals surface area contributed by atoms with Crippen molar-refractivity contribution in [3.63, 3.8) is 0 Å². The van der Waals surface area contributed by atoms with Gasteiger partial charge < -0.3 is 10.6 Å². The van der Waals surface area contributed by atoms with E-state index in [4.69, 9.17) is 0 Å². The summed E-state index contributed by atoms with van der Waals surface area (Å²) in [6, 6.07) is 6.57. The third-order valence-corrected chi connectivity index (χ3v) is 3.37. The predicted molar refractivity (Wildman–Crippen MR) is 84.1 cm³/mol. The molecule has 1 atom stereocenters. The fourth-order valence-corrected chi connectivity index (χ4v) is 1.91. The lowest BCUT2D eigenvalue weighted by Crippen LogP contribution is -2.19. The van der Waals surface area contributed by atoms with E-state index >= 15 is 0 Å². The van der Waals surface area contributed by atoms with E-state index in [0.717, 1.165) is 6.07 Å². The van der Waals surface area contributed by atoms with Crippen LogP contribution in [0.25, 0.3) is 0 Å². The first-order chi connectivity index (χ1) is 11.3. The summed E-state index contributed by atoms with van der Waals surface area (Å²) in [6.45, 7) is 3.87. The molecule has 1 aromatic heterocycles. The van der Waals surface area contributed by atoms with Gasteiger partial charge in [0.05, 0.1) is 0 Å². The van der Waals surface area contributed by atoms with E-state index in [9.17, 15) is 17.6 Å². The minimum atomic E-state index is -4.58. The molecule has 0 saturated heterocycles. The molecule has 0 aliphatic carbocycles. The maximum atomic E-state index is 13.1. The lowest BCUT2D eigenvalue weighted by atomic mass is 10.2. The fourth-order valence-electron chi connectivity index (χ4n) is 1.91. The van der Waals surface area contributed by atoms with Crippen LogP contribution in [0.4, 0.5) is 29.3 Å². The smallest absolute Gasteiger partial charge is 0.366 e. The van der Waals surface area contributed by atoms with Crippen LogP contribution in [0.2, 0.25) is 0 Å². The van der Waals surface area contributed by atoms with Gasteiger partial charge in [0.15, 0.2) is 5.69 Å². The largest absolute Gasteiger partial charge is 0.433 e. The number of hydrogen-bond acceptors (Lipinski definition) is 4. The van der Waals surface area contributed by atoms with Gasteiger partial charge in [0, 0.05) is 18.7 Å². The lowest BCUT2D eigenvalue weighted by molar-refractivity contribution is -0.141. The number of alkyl halides is 3. The van der Waals surface area contributed by atoms with E-state index in [1.54, 1.807) is 6.07 Å². The highest BCUT2D eigenvalue weighted by Gasteiger charge is 2.33. The minimum Gasteiger partial charge on any atom is -0.366 e. The lowest BCUT2D eigenvalue weighted by Gasteiger charge is -2.15. The predicted octanol–water partition coefficient (Wildman–Crippen LogP) is 4.46. The highest BCUT2D eigenvalue weighted by Crippen LogP contribution is 2.30. The summed E-state index contributed by atoms with van der Waals surface area (Å²) < 4.78 is 52.1. The van der Waals surface area contributed by atoms with Crippen LogP contribution in [0.15, 0.2) is 30.3 Å². The zero-order valence-electron chi connectivity index (χ0n) is 13.3. The molecule has 1 aromatic carbocycles. The Bertz CT molecular complexity index is 688. The summed E-state index contributed by atoms with van der Waals surface area (Å²) in [5.41, 5.74) is -0.441. The van der Waals surface area contributed by atoms with Crippen molar-refractivity contribution in [2.75, 3.05) is 10.6 Å². The van der Waals surface area contributed by atoms with Crippen molar-refractivity contribution in [2.45, 2.75) is 39.0 Å². The Morgan fingerprint density at radius 1 is 1.17 bits per heavy atom. The molecule has 2 N–H and O–H groups in total. The second-order valence-electron chi connectivity index (χ2n) is 5.40. The molecule has 0 aliphatic heterocycles. The first-order valence-electron chi connectivity index (χ1n) is 7.49. The van der Waals surface area contributed by atoms with Gasteiger partial charge in [-0.25, -0.2) is 9.37 Å². The molecule has 130 valence electrons. The van der Waals surface area contributed by atoms with Crippen LogP contribution in [0.1, 0.15) is 31.5 Å². The summed E-state index contributed by atoms with van der Waals surface area (Å²) in [7, 11) is 0. The summed E-state index contributed by atoms with van der Waals surface area (Å²) in [5.74, 6) is -0.486. The average molecular weight is 342 g/mol. The number of aromatic nitrogens is 2. The van der Waals surface area contributed by atoms with Crippen molar-refractivity contribution in [3.8, 4) is 0 Å². The number of nitrogens with zero attached hydrogens (tertiary/aromatic N) is 2. The van der Waals surface area contributed by atoms with Crippen LogP contribution in [0, 0.1) is 5.82 Å². The Kier molecular flexibility index (Phi) is 5.58. The molecule has 1 heterocycles. The number of benzene rings is 1. The molecule has 8 heteroatoms. The Morgan fingerprint density at radius 2 is 1.92 bits per heavy atom. The van der Waals surface area contributed by atoms with Crippen molar-refractivity contribution in [1.82, 2.24) is 9.97 Å². The standard InChI is InChI=1S/C16H18F4N4/c1-3-10(2)22-15-23-13(16(18,19)20)8-14(24-15)21-9-11-5-4-6-12(17)7-11/h4-8,10H,3,9H2,1-2H3,(H2,21,22,23,24)/t10-/m1/s1. The fraction of sp³-hybridized carbons (Fsp3) is 0.375. The van der Waals surface area contributed by atoms with Crippen molar-refractivity contribution < 1.29 is 17.6 Å². The first-order valence-corrected chi connectivity index (χ1v) is 7.49. The molecule has 4 nitrogen and oxygen atoms in total. The van der Waals surface area contributed by atoms with Crippen LogP contribution in [-0.2, 0) is 12.7 Å². The van der Waals surface area contributed by atoms with Gasteiger partial charge in [-0.3, -0.25) is 0 Å². The molecule has 24 heavy (non-hydrogen) atoms. The Balaban J connectivity index is 2.22. The van der Waals surface area contributed by atoms with Crippen LogP contribution in [0.5, 0.6) is 0 Å². The molecule has 0 unspecified atom stereocenters. The molecule has 0 aliphatic rings. The van der Waals surface area contributed by atoms with Crippen LogP contribution >= 0.6 is 0 Å². The van der Waals surface area contributed by atoms with Gasteiger partial charge in [-0.15, -0.1) is 0 Å². The van der Waals surface area contributed by atoms with Gasteiger partial charge in [-0.1, -0.05) is 19.1 Å². The molecule has 0 radical (unpaired) electrons. The van der Waals surface area contributed by atoms with E-state index in [2.05, 4.69) is 20.6 Å². The molecule has 0 fully saturated rings. The van der Waals surface area contributed by atoms with Gasteiger partial charge in [0.25, 0.3) is 0 Å². The van der Waals surface area contributed by atoms with Gasteiger partial charge in [0.1, 0.15) is 11.6 Å². The van der Waals surface area contributed by atoms with Gasteiger partial charge in [-0.05, 0) is 31.0 Å². The normalized spacial score (nSPS) is 12.8. The maximum absolute atomic E-state index is 13.1. The quantitative estimate of drug-likeness (QED) is 0.761. The van der Waals surface area contributed by atoms with Crippen LogP contribution in [-0.4, -0.2) is 16.0 Å². The van der Waals surface area contributed by atoms with Gasteiger partial charge >= 0.3 is 6.18 Å². The Hall–Kier alpha value is -2.38. The second-order valence-corrected chi connectivity index (χ2v) is 5.40. The van der Waals surface area contributed by atoms with Crippen molar-refractivity contribution in [2.24, 2.45) is 0 Å². The maximum Gasteiger partial charge on any atom is 0.433 e. The highest BCUT2D eigenvalue weighted by molar-refractivity contribution is 5.44. The van der Waals surface area contributed by atoms with Crippen molar-refractivity contribution >= 4 is 11.8 Å². The van der Waals surface area contributed by atoms with E-state index in [0.29, 0.717) is 12.0 Å². The van der Waals surface area contributed by atoms with Gasteiger partial charge in [-0.2, -0.15) is 18.2 Å². The summed E-state index contributed by atoms with van der Waals surface area (Å²) >= 11 is 0. The van der Waals surface area contributed by atoms with E-state index in [-0.39, 0.29) is 24.4 Å². The van der Waals surface area contributed by atoms with E-state index in [1.165, 1.54) is 18.2 Å². The third-order valence-electron chi connectivity index (χ3n) is 3.37. The monoisotopic (exact) mass is 342 g/mol. The van der Waals surface area contributed by atoms with E-state index in [1.807, 2.05) is 13.8 Å². The summed E-state index contributed by atoms with van der Waals surface area (Å²) in [5, 5.41) is 5.60. The first kappa shape index (κ1) is 18.0. The Morgan fingerprint density at radius 3 is 2.54 bits per heavy atom. The number of anilines is 2. The second kappa shape index (κ2) is 7.46. The average Bonchev–Trinajstić information content (AvgIpc) is 2.52. The van der Waals surface area contributed by atoms with E-state index < -0.39 is 17.7 Å². The third kappa shape index (κ3) is 5.07. The summed E-state index contributed by atoms with van der Waals surface area (Å²) in [6.07, 6.45) is -3.87. The van der Waals surface area contributed by atoms with Crippen LogP contribution in [0.3, 0.4) is 0 Å².